The lowest BCUT2D eigenvalue weighted by atomic mass is 10.0. The molecule has 0 bridgehead atoms. The number of Topliss-reactive ketones (excluding diaryl/α,β-unsaturated/α-hetero) is 1. The van der Waals surface area contributed by atoms with E-state index in [2.05, 4.69) is 10.6 Å². The minimum atomic E-state index is -3.36. The van der Waals surface area contributed by atoms with Crippen molar-refractivity contribution in [3.05, 3.63) is 23.8 Å². The molecular formula is C20H33ClN2O4. The monoisotopic (exact) mass is 405 g/mol. The fourth-order valence-corrected chi connectivity index (χ4v) is 2.07. The number of benzene rings is 1. The molecule has 154 valence electrons. The Kier molecular flexibility index (Phi) is 8.75. The summed E-state index contributed by atoms with van der Waals surface area (Å²) in [5, 5.41) is 15.4. The average molecular weight is 406 g/mol. The molecule has 0 spiro atoms. The number of aliphatic hydroxyl groups is 1. The Labute approximate surface area is 175 Å². The first-order valence-corrected chi connectivity index (χ1v) is 8.84. The molecule has 0 aliphatic carbocycles. The van der Waals surface area contributed by atoms with Gasteiger partial charge in [0, 0.05) is 33.8 Å². The minimum absolute atomic E-state index is 0. The highest BCUT2D eigenvalue weighted by Gasteiger charge is 2.15. The maximum Gasteiger partial charge on any atom is 0.224 e. The fraction of sp³-hybridized carbons (Fsp3) is 0.600. The summed E-state index contributed by atoms with van der Waals surface area (Å²) in [6.45, 7) is 0.705. The van der Waals surface area contributed by atoms with Gasteiger partial charge in [-0.25, -0.2) is 0 Å². The van der Waals surface area contributed by atoms with Crippen LogP contribution in [0.4, 0.5) is 5.69 Å². The van der Waals surface area contributed by atoms with Gasteiger partial charge in [-0.2, -0.15) is 0 Å². The van der Waals surface area contributed by atoms with E-state index in [1.165, 1.54) is 18.2 Å². The van der Waals surface area contributed by atoms with Gasteiger partial charge in [-0.15, -0.1) is 12.4 Å². The maximum absolute atomic E-state index is 12.6. The summed E-state index contributed by atoms with van der Waals surface area (Å²) in [7, 11) is 0. The smallest absolute Gasteiger partial charge is 0.224 e. The third-order valence-electron chi connectivity index (χ3n) is 3.25. The van der Waals surface area contributed by atoms with Crippen LogP contribution >= 0.6 is 12.4 Å². The Hall–Kier alpha value is -1.63. The first kappa shape index (κ1) is 17.5. The quantitative estimate of drug-likeness (QED) is 0.463. The van der Waals surface area contributed by atoms with Gasteiger partial charge in [0.25, 0.3) is 0 Å². The van der Waals surface area contributed by atoms with Crippen molar-refractivity contribution >= 4 is 29.8 Å². The largest absolute Gasteiger partial charge is 0.490 e. The molecule has 0 heterocycles. The van der Waals surface area contributed by atoms with Gasteiger partial charge < -0.3 is 20.5 Å². The molecule has 1 aromatic carbocycles. The van der Waals surface area contributed by atoms with Crippen LogP contribution in [0.3, 0.4) is 0 Å². The lowest BCUT2D eigenvalue weighted by Gasteiger charge is -2.17. The minimum Gasteiger partial charge on any atom is -0.490 e. The molecule has 1 rings (SSSR count). The molecule has 6 nitrogen and oxygen atoms in total. The van der Waals surface area contributed by atoms with Crippen LogP contribution in [-0.2, 0) is 4.79 Å². The predicted octanol–water partition coefficient (Wildman–Crippen LogP) is 3.57. The molecule has 0 fully saturated rings. The maximum atomic E-state index is 12.6. The lowest BCUT2D eigenvalue weighted by Crippen LogP contribution is -2.35. The lowest BCUT2D eigenvalue weighted by molar-refractivity contribution is -0.116. The Bertz CT molecular complexity index is 791. The topological polar surface area (TPSA) is 87.7 Å². The summed E-state index contributed by atoms with van der Waals surface area (Å²) < 4.78 is 45.2. The van der Waals surface area contributed by atoms with Crippen LogP contribution in [0.5, 0.6) is 5.75 Å². The molecule has 0 aromatic heterocycles. The van der Waals surface area contributed by atoms with Gasteiger partial charge in [0.15, 0.2) is 5.78 Å². The molecule has 3 N–H and O–H groups in total. The molecule has 1 aromatic rings. The van der Waals surface area contributed by atoms with E-state index in [-0.39, 0.29) is 41.8 Å². The van der Waals surface area contributed by atoms with Crippen molar-refractivity contribution in [3.63, 3.8) is 0 Å². The van der Waals surface area contributed by atoms with Crippen molar-refractivity contribution in [1.29, 1.82) is 0 Å². The second kappa shape index (κ2) is 13.5. The van der Waals surface area contributed by atoms with E-state index in [0.29, 0.717) is 24.9 Å². The number of hydrogen-bond acceptors (Lipinski definition) is 5. The van der Waals surface area contributed by atoms with E-state index in [0.717, 1.165) is 0 Å². The molecule has 27 heavy (non-hydrogen) atoms. The van der Waals surface area contributed by atoms with Crippen LogP contribution in [-0.4, -0.2) is 42.0 Å². The van der Waals surface area contributed by atoms with Crippen LogP contribution < -0.4 is 15.4 Å². The molecule has 0 aliphatic rings. The van der Waals surface area contributed by atoms with E-state index in [1.54, 1.807) is 20.8 Å². The van der Waals surface area contributed by atoms with Crippen LogP contribution in [0, 0.1) is 0 Å². The summed E-state index contributed by atoms with van der Waals surface area (Å²) in [4.78, 5) is 24.5. The standard InChI is InChI=1S/C20H32N2O4.ClH/c1-5-7-18(24)17-11-15(22-20(25)8-6-2)9-10-19(17)26-13-16(23)12-21-14(3)4;/h9-11,14,16,21,23H,5-8,12-13H2,1-4H3,(H,22,25);1H/i12D2,13D2,16D;. The summed E-state index contributed by atoms with van der Waals surface area (Å²) in [6.07, 6.45) is -1.77. The molecule has 1 amide bonds. The highest BCUT2D eigenvalue weighted by molar-refractivity contribution is 6.00. The normalized spacial score (nSPS) is 16.6. The van der Waals surface area contributed by atoms with Gasteiger partial charge in [0.1, 0.15) is 18.4 Å². The van der Waals surface area contributed by atoms with E-state index in [1.807, 2.05) is 6.92 Å². The third kappa shape index (κ3) is 9.75. The van der Waals surface area contributed by atoms with Crippen LogP contribution in [0.1, 0.15) is 70.6 Å². The molecule has 0 radical (unpaired) electrons. The van der Waals surface area contributed by atoms with E-state index in [4.69, 9.17) is 11.6 Å². The second-order valence-electron chi connectivity index (χ2n) is 6.16. The van der Waals surface area contributed by atoms with Crippen molar-refractivity contribution in [2.24, 2.45) is 0 Å². The summed E-state index contributed by atoms with van der Waals surface area (Å²) >= 11 is 0. The Morgan fingerprint density at radius 3 is 2.52 bits per heavy atom. The van der Waals surface area contributed by atoms with E-state index in [9.17, 15) is 14.7 Å². The van der Waals surface area contributed by atoms with Gasteiger partial charge >= 0.3 is 0 Å². The predicted molar refractivity (Wildman–Crippen MR) is 111 cm³/mol. The first-order valence-electron chi connectivity index (χ1n) is 11.3. The molecule has 7 heteroatoms. The number of halogens is 1. The number of ketones is 1. The summed E-state index contributed by atoms with van der Waals surface area (Å²) in [5.41, 5.74) is 0.289. The van der Waals surface area contributed by atoms with E-state index >= 15 is 0 Å². The van der Waals surface area contributed by atoms with Crippen molar-refractivity contribution < 1.29 is 26.3 Å². The highest BCUT2D eigenvalue weighted by atomic mass is 35.5. The number of carbonyl (C=O) groups excluding carboxylic acids is 2. The van der Waals surface area contributed by atoms with Crippen molar-refractivity contribution in [2.75, 3.05) is 18.4 Å². The third-order valence-corrected chi connectivity index (χ3v) is 3.25. The molecular weight excluding hydrogens is 368 g/mol. The number of amides is 1. The Balaban J connectivity index is 0.00000961. The molecule has 1 unspecified atom stereocenters. The molecule has 0 saturated heterocycles. The van der Waals surface area contributed by atoms with Crippen molar-refractivity contribution in [1.82, 2.24) is 5.32 Å². The van der Waals surface area contributed by atoms with Crippen LogP contribution in [0.15, 0.2) is 18.2 Å². The zero-order valence-corrected chi connectivity index (χ0v) is 17.0. The number of anilines is 1. The van der Waals surface area contributed by atoms with Crippen LogP contribution in [0.25, 0.3) is 0 Å². The molecule has 0 aliphatic heterocycles. The van der Waals surface area contributed by atoms with Crippen molar-refractivity contribution in [3.8, 4) is 5.75 Å². The van der Waals surface area contributed by atoms with Crippen LogP contribution in [0.2, 0.25) is 0 Å². The van der Waals surface area contributed by atoms with Gasteiger partial charge in [-0.1, -0.05) is 27.7 Å². The van der Waals surface area contributed by atoms with Gasteiger partial charge in [-0.05, 0) is 31.0 Å². The number of ether oxygens (including phenoxy) is 1. The zero-order chi connectivity index (χ0) is 24.0. The number of hydrogen-bond donors (Lipinski definition) is 3. The highest BCUT2D eigenvalue weighted by Crippen LogP contribution is 2.25. The first-order chi connectivity index (χ1) is 14.2. The Morgan fingerprint density at radius 2 is 1.93 bits per heavy atom. The van der Waals surface area contributed by atoms with E-state index < -0.39 is 25.2 Å². The molecule has 0 saturated carbocycles. The second-order valence-corrected chi connectivity index (χ2v) is 6.16. The number of rotatable bonds is 12. The summed E-state index contributed by atoms with van der Waals surface area (Å²) in [6, 6.07) is 3.52. The average Bonchev–Trinajstić information content (AvgIpc) is 2.61. The molecule has 1 atom stereocenters. The summed E-state index contributed by atoms with van der Waals surface area (Å²) in [5.74, 6) is -0.881. The fourth-order valence-electron chi connectivity index (χ4n) is 2.07. The number of nitrogens with one attached hydrogen (secondary N) is 2. The SMILES string of the molecule is Cl.[2H]C([2H])(NC(C)C)C([2H])(O)C([2H])([2H])Oc1ccc(NC(=O)CCC)cc1C(=O)CCC. The van der Waals surface area contributed by atoms with Gasteiger partial charge in [-0.3, -0.25) is 9.59 Å². The number of carbonyl (C=O) groups is 2. The van der Waals surface area contributed by atoms with Gasteiger partial charge in [0.2, 0.25) is 5.91 Å². The van der Waals surface area contributed by atoms with Crippen molar-refractivity contribution in [2.45, 2.75) is 65.5 Å². The van der Waals surface area contributed by atoms with Gasteiger partial charge in [0.05, 0.1) is 9.68 Å². The Morgan fingerprint density at radius 1 is 1.26 bits per heavy atom. The zero-order valence-electron chi connectivity index (χ0n) is 21.2.